The smallest absolute Gasteiger partial charge is 0.0294 e. The van der Waals surface area contributed by atoms with Crippen LogP contribution in [0, 0.1) is 18.8 Å². The van der Waals surface area contributed by atoms with Gasteiger partial charge in [-0.1, -0.05) is 42.7 Å². The van der Waals surface area contributed by atoms with Gasteiger partial charge in [-0.3, -0.25) is 0 Å². The van der Waals surface area contributed by atoms with Crippen LogP contribution in [0.5, 0.6) is 0 Å². The minimum absolute atomic E-state index is 0.500. The molecule has 2 saturated carbocycles. The Morgan fingerprint density at radius 3 is 2.71 bits per heavy atom. The van der Waals surface area contributed by atoms with Gasteiger partial charge in [-0.15, -0.1) is 0 Å². The number of rotatable bonds is 3. The van der Waals surface area contributed by atoms with Gasteiger partial charge >= 0.3 is 0 Å². The zero-order valence-corrected chi connectivity index (χ0v) is 10.9. The van der Waals surface area contributed by atoms with Gasteiger partial charge in [-0.25, -0.2) is 0 Å². The Morgan fingerprint density at radius 2 is 1.94 bits per heavy atom. The van der Waals surface area contributed by atoms with E-state index in [1.807, 2.05) is 0 Å². The van der Waals surface area contributed by atoms with Crippen LogP contribution in [0.25, 0.3) is 0 Å². The van der Waals surface area contributed by atoms with Crippen molar-refractivity contribution < 1.29 is 0 Å². The molecule has 0 radical (unpaired) electrons. The van der Waals surface area contributed by atoms with Gasteiger partial charge in [-0.2, -0.15) is 0 Å². The van der Waals surface area contributed by atoms with Crippen LogP contribution in [0.1, 0.15) is 49.8 Å². The maximum Gasteiger partial charge on any atom is 0.0294 e. The molecule has 0 amide bonds. The summed E-state index contributed by atoms with van der Waals surface area (Å²) in [6, 6.07) is 10.2. The fourth-order valence-electron chi connectivity index (χ4n) is 3.39. The van der Waals surface area contributed by atoms with E-state index in [9.17, 15) is 0 Å². The third kappa shape index (κ3) is 2.40. The Morgan fingerprint density at radius 1 is 1.18 bits per heavy atom. The molecule has 2 aliphatic rings. The van der Waals surface area contributed by atoms with Gasteiger partial charge in [0.05, 0.1) is 0 Å². The second kappa shape index (κ2) is 4.45. The number of aryl methyl sites for hydroxylation is 1. The van der Waals surface area contributed by atoms with Crippen molar-refractivity contribution in [3.63, 3.8) is 0 Å². The Balaban J connectivity index is 1.62. The molecule has 0 aromatic heterocycles. The quantitative estimate of drug-likeness (QED) is 0.830. The average Bonchev–Trinajstić information content (AvgIpc) is 3.10. The second-order valence-corrected chi connectivity index (χ2v) is 6.00. The normalized spacial score (nSPS) is 32.9. The van der Waals surface area contributed by atoms with Crippen molar-refractivity contribution in [3.8, 4) is 0 Å². The maximum absolute atomic E-state index is 3.85. The van der Waals surface area contributed by atoms with Crippen LogP contribution < -0.4 is 5.32 Å². The number of benzene rings is 1. The van der Waals surface area contributed by atoms with Crippen LogP contribution in [0.2, 0.25) is 0 Å². The molecule has 2 aliphatic carbocycles. The molecule has 0 aliphatic heterocycles. The van der Waals surface area contributed by atoms with Crippen LogP contribution in [0.15, 0.2) is 24.3 Å². The maximum atomic E-state index is 3.85. The molecule has 0 heterocycles. The van der Waals surface area contributed by atoms with Gasteiger partial charge in [0.1, 0.15) is 0 Å². The first-order valence-corrected chi connectivity index (χ1v) is 7.06. The van der Waals surface area contributed by atoms with Crippen LogP contribution in [-0.2, 0) is 0 Å². The Labute approximate surface area is 105 Å². The van der Waals surface area contributed by atoms with Crippen LogP contribution in [-0.4, -0.2) is 6.04 Å². The summed E-state index contributed by atoms with van der Waals surface area (Å²) in [6.07, 6.45) is 5.79. The number of hydrogen-bond acceptors (Lipinski definition) is 1. The molecule has 1 nitrogen and oxygen atoms in total. The third-order valence-electron chi connectivity index (χ3n) is 4.63. The van der Waals surface area contributed by atoms with Gasteiger partial charge in [-0.05, 0) is 44.1 Å². The Kier molecular flexibility index (Phi) is 2.96. The highest BCUT2D eigenvalue weighted by Crippen LogP contribution is 2.49. The predicted octanol–water partition coefficient (Wildman–Crippen LogP) is 3.83. The SMILES string of the molecule is Cc1ccc([C@H](C)NC2CCC[C@H]3C[C@@H]23)cc1. The first-order valence-electron chi connectivity index (χ1n) is 7.06. The molecule has 1 unspecified atom stereocenters. The Hall–Kier alpha value is -0.820. The van der Waals surface area contributed by atoms with E-state index in [4.69, 9.17) is 0 Å². The van der Waals surface area contributed by atoms with Crippen molar-refractivity contribution in [2.24, 2.45) is 11.8 Å². The lowest BCUT2D eigenvalue weighted by Crippen LogP contribution is -2.35. The molecule has 0 spiro atoms. The molecule has 1 N–H and O–H groups in total. The topological polar surface area (TPSA) is 12.0 Å². The van der Waals surface area contributed by atoms with Crippen LogP contribution in [0.3, 0.4) is 0 Å². The fraction of sp³-hybridized carbons (Fsp3) is 0.625. The summed E-state index contributed by atoms with van der Waals surface area (Å²) in [5.74, 6) is 2.06. The van der Waals surface area contributed by atoms with E-state index in [0.29, 0.717) is 6.04 Å². The summed E-state index contributed by atoms with van der Waals surface area (Å²) >= 11 is 0. The molecule has 1 aromatic rings. The van der Waals surface area contributed by atoms with Crippen molar-refractivity contribution in [3.05, 3.63) is 35.4 Å². The zero-order chi connectivity index (χ0) is 11.8. The van der Waals surface area contributed by atoms with Gasteiger partial charge in [0, 0.05) is 12.1 Å². The van der Waals surface area contributed by atoms with E-state index < -0.39 is 0 Å². The summed E-state index contributed by atoms with van der Waals surface area (Å²) in [7, 11) is 0. The lowest BCUT2D eigenvalue weighted by Gasteiger charge is -2.27. The lowest BCUT2D eigenvalue weighted by molar-refractivity contribution is 0.329. The largest absolute Gasteiger partial charge is 0.307 e. The van der Waals surface area contributed by atoms with E-state index in [1.165, 1.54) is 36.8 Å². The van der Waals surface area contributed by atoms with Crippen LogP contribution >= 0.6 is 0 Å². The van der Waals surface area contributed by atoms with Crippen molar-refractivity contribution in [1.29, 1.82) is 0 Å². The first kappa shape index (κ1) is 11.3. The van der Waals surface area contributed by atoms with E-state index >= 15 is 0 Å². The van der Waals surface area contributed by atoms with Crippen molar-refractivity contribution in [1.82, 2.24) is 5.32 Å². The summed E-state index contributed by atoms with van der Waals surface area (Å²) in [5.41, 5.74) is 2.78. The molecule has 92 valence electrons. The molecule has 0 bridgehead atoms. The van der Waals surface area contributed by atoms with E-state index in [1.54, 1.807) is 0 Å². The molecular formula is C16H23N. The summed E-state index contributed by atoms with van der Waals surface area (Å²) < 4.78 is 0. The summed E-state index contributed by atoms with van der Waals surface area (Å²) in [4.78, 5) is 0. The van der Waals surface area contributed by atoms with E-state index in [2.05, 4.69) is 43.4 Å². The second-order valence-electron chi connectivity index (χ2n) is 6.00. The average molecular weight is 229 g/mol. The lowest BCUT2D eigenvalue weighted by atomic mass is 9.94. The highest BCUT2D eigenvalue weighted by Gasteiger charge is 2.45. The van der Waals surface area contributed by atoms with E-state index in [-0.39, 0.29) is 0 Å². The number of fused-ring (bicyclic) bond motifs is 1. The molecule has 3 rings (SSSR count). The summed E-state index contributed by atoms with van der Waals surface area (Å²) in [6.45, 7) is 4.45. The van der Waals surface area contributed by atoms with Crippen molar-refractivity contribution in [2.45, 2.75) is 51.6 Å². The summed E-state index contributed by atoms with van der Waals surface area (Å²) in [5, 5.41) is 3.85. The number of nitrogens with one attached hydrogen (secondary N) is 1. The standard InChI is InChI=1S/C16H23N/c1-11-6-8-13(9-7-11)12(2)17-16-5-3-4-14-10-15(14)16/h6-9,12,14-17H,3-5,10H2,1-2H3/t12-,14-,15+,16?/m0/s1. The monoisotopic (exact) mass is 229 g/mol. The number of hydrogen-bond donors (Lipinski definition) is 1. The minimum atomic E-state index is 0.500. The molecule has 17 heavy (non-hydrogen) atoms. The molecule has 4 atom stereocenters. The van der Waals surface area contributed by atoms with Gasteiger partial charge in [0.25, 0.3) is 0 Å². The van der Waals surface area contributed by atoms with Crippen molar-refractivity contribution in [2.75, 3.05) is 0 Å². The Bertz CT molecular complexity index is 381. The zero-order valence-electron chi connectivity index (χ0n) is 10.9. The van der Waals surface area contributed by atoms with Gasteiger partial charge < -0.3 is 5.32 Å². The fourth-order valence-corrected chi connectivity index (χ4v) is 3.39. The van der Waals surface area contributed by atoms with Crippen molar-refractivity contribution >= 4 is 0 Å². The molecular weight excluding hydrogens is 206 g/mol. The van der Waals surface area contributed by atoms with Gasteiger partial charge in [0.15, 0.2) is 0 Å². The van der Waals surface area contributed by atoms with Gasteiger partial charge in [0.2, 0.25) is 0 Å². The van der Waals surface area contributed by atoms with E-state index in [0.717, 1.165) is 17.9 Å². The van der Waals surface area contributed by atoms with Crippen LogP contribution in [0.4, 0.5) is 0 Å². The highest BCUT2D eigenvalue weighted by molar-refractivity contribution is 5.24. The highest BCUT2D eigenvalue weighted by atomic mass is 15.0. The first-order chi connectivity index (χ1) is 8.24. The molecule has 0 saturated heterocycles. The molecule has 1 heteroatoms. The molecule has 1 aromatic carbocycles. The third-order valence-corrected chi connectivity index (χ3v) is 4.63. The predicted molar refractivity (Wildman–Crippen MR) is 72.0 cm³/mol. The minimum Gasteiger partial charge on any atom is -0.307 e. The molecule has 2 fully saturated rings.